The molecule has 80 valence electrons. The van der Waals surface area contributed by atoms with Gasteiger partial charge < -0.3 is 4.90 Å². The van der Waals surface area contributed by atoms with Gasteiger partial charge in [0, 0.05) is 18.7 Å². The SMILES string of the molecule is CC1(C)CN(c2c(Cl)cccc2C=O)C1. The van der Waals surface area contributed by atoms with Crippen LogP contribution in [0.25, 0.3) is 0 Å². The standard InChI is InChI=1S/C12H14ClNO/c1-12(2)7-14(8-12)11-9(6-15)4-3-5-10(11)13/h3-6H,7-8H2,1-2H3. The van der Waals surface area contributed by atoms with Crippen molar-refractivity contribution in [3.05, 3.63) is 28.8 Å². The minimum atomic E-state index is 0.333. The van der Waals surface area contributed by atoms with E-state index in [2.05, 4.69) is 18.7 Å². The normalized spacial score (nSPS) is 18.5. The smallest absolute Gasteiger partial charge is 0.152 e. The zero-order valence-corrected chi connectivity index (χ0v) is 9.71. The summed E-state index contributed by atoms with van der Waals surface area (Å²) >= 11 is 6.11. The largest absolute Gasteiger partial charge is 0.369 e. The Morgan fingerprint density at radius 2 is 2.07 bits per heavy atom. The first-order valence-electron chi connectivity index (χ1n) is 5.02. The molecule has 0 bridgehead atoms. The van der Waals surface area contributed by atoms with Crippen LogP contribution in [0.5, 0.6) is 0 Å². The van der Waals surface area contributed by atoms with Gasteiger partial charge in [0.05, 0.1) is 10.7 Å². The molecule has 1 aromatic carbocycles. The summed E-state index contributed by atoms with van der Waals surface area (Å²) in [5, 5.41) is 0.662. The fourth-order valence-electron chi connectivity index (χ4n) is 2.11. The summed E-state index contributed by atoms with van der Waals surface area (Å²) in [6.45, 7) is 6.33. The lowest BCUT2D eigenvalue weighted by atomic mass is 9.83. The van der Waals surface area contributed by atoms with Gasteiger partial charge in [-0.05, 0) is 17.5 Å². The Hall–Kier alpha value is -1.02. The quantitative estimate of drug-likeness (QED) is 0.719. The second-order valence-corrected chi connectivity index (χ2v) is 5.22. The van der Waals surface area contributed by atoms with Gasteiger partial charge in [-0.2, -0.15) is 0 Å². The van der Waals surface area contributed by atoms with Crippen LogP contribution in [0.15, 0.2) is 18.2 Å². The van der Waals surface area contributed by atoms with Gasteiger partial charge in [-0.1, -0.05) is 31.5 Å². The van der Waals surface area contributed by atoms with Crippen molar-refractivity contribution in [2.45, 2.75) is 13.8 Å². The zero-order valence-electron chi connectivity index (χ0n) is 8.96. The number of aldehydes is 1. The van der Waals surface area contributed by atoms with E-state index in [0.29, 0.717) is 16.0 Å². The van der Waals surface area contributed by atoms with E-state index >= 15 is 0 Å². The maximum atomic E-state index is 10.9. The van der Waals surface area contributed by atoms with Crippen molar-refractivity contribution in [3.8, 4) is 0 Å². The summed E-state index contributed by atoms with van der Waals surface area (Å²) in [5.41, 5.74) is 1.89. The fourth-order valence-corrected chi connectivity index (χ4v) is 2.41. The number of carbonyl (C=O) groups is 1. The number of anilines is 1. The van der Waals surface area contributed by atoms with Crippen LogP contribution in [0.3, 0.4) is 0 Å². The summed E-state index contributed by atoms with van der Waals surface area (Å²) in [4.78, 5) is 13.1. The third-order valence-electron chi connectivity index (χ3n) is 2.70. The molecule has 0 radical (unpaired) electrons. The van der Waals surface area contributed by atoms with Gasteiger partial charge in [-0.25, -0.2) is 0 Å². The van der Waals surface area contributed by atoms with Crippen LogP contribution in [0.2, 0.25) is 5.02 Å². The van der Waals surface area contributed by atoms with E-state index in [9.17, 15) is 4.79 Å². The lowest BCUT2D eigenvalue weighted by molar-refractivity contribution is 0.112. The predicted octanol–water partition coefficient (Wildman–Crippen LogP) is 3.00. The first-order valence-corrected chi connectivity index (χ1v) is 5.40. The topological polar surface area (TPSA) is 20.3 Å². The molecule has 0 amide bonds. The summed E-state index contributed by atoms with van der Waals surface area (Å²) in [6.07, 6.45) is 0.868. The van der Waals surface area contributed by atoms with E-state index in [1.54, 1.807) is 12.1 Å². The lowest BCUT2D eigenvalue weighted by Crippen LogP contribution is -2.53. The van der Waals surface area contributed by atoms with E-state index in [1.807, 2.05) is 6.07 Å². The maximum absolute atomic E-state index is 10.9. The maximum Gasteiger partial charge on any atom is 0.152 e. The molecule has 0 spiro atoms. The first kappa shape index (κ1) is 10.5. The molecule has 1 aliphatic heterocycles. The number of hydrogen-bond donors (Lipinski definition) is 0. The van der Waals surface area contributed by atoms with Crippen LogP contribution in [0, 0.1) is 5.41 Å². The van der Waals surface area contributed by atoms with E-state index in [4.69, 9.17) is 11.6 Å². The van der Waals surface area contributed by atoms with E-state index in [0.717, 1.165) is 25.1 Å². The summed E-state index contributed by atoms with van der Waals surface area (Å²) < 4.78 is 0. The Morgan fingerprint density at radius 1 is 1.40 bits per heavy atom. The Balaban J connectivity index is 2.32. The number of benzene rings is 1. The van der Waals surface area contributed by atoms with Crippen LogP contribution >= 0.6 is 11.6 Å². The average Bonchev–Trinajstić information content (AvgIpc) is 2.13. The highest BCUT2D eigenvalue weighted by atomic mass is 35.5. The monoisotopic (exact) mass is 223 g/mol. The minimum Gasteiger partial charge on any atom is -0.369 e. The van der Waals surface area contributed by atoms with Crippen LogP contribution in [0.1, 0.15) is 24.2 Å². The van der Waals surface area contributed by atoms with Crippen molar-refractivity contribution < 1.29 is 4.79 Å². The van der Waals surface area contributed by atoms with Crippen LogP contribution in [-0.4, -0.2) is 19.4 Å². The molecule has 2 rings (SSSR count). The number of halogens is 1. The van der Waals surface area contributed by atoms with E-state index in [-0.39, 0.29) is 0 Å². The Labute approximate surface area is 94.8 Å². The molecule has 1 saturated heterocycles. The highest BCUT2D eigenvalue weighted by molar-refractivity contribution is 6.34. The number of para-hydroxylation sites is 1. The lowest BCUT2D eigenvalue weighted by Gasteiger charge is -2.48. The van der Waals surface area contributed by atoms with Crippen LogP contribution < -0.4 is 4.90 Å². The van der Waals surface area contributed by atoms with Crippen LogP contribution in [0.4, 0.5) is 5.69 Å². The molecule has 1 fully saturated rings. The molecule has 1 aliphatic rings. The van der Waals surface area contributed by atoms with Crippen molar-refractivity contribution in [2.24, 2.45) is 5.41 Å². The second-order valence-electron chi connectivity index (χ2n) is 4.82. The fraction of sp³-hybridized carbons (Fsp3) is 0.417. The Kier molecular flexibility index (Phi) is 2.47. The van der Waals surface area contributed by atoms with Gasteiger partial charge in [0.2, 0.25) is 0 Å². The molecule has 1 heterocycles. The van der Waals surface area contributed by atoms with Gasteiger partial charge in [0.25, 0.3) is 0 Å². The highest BCUT2D eigenvalue weighted by Gasteiger charge is 2.35. The van der Waals surface area contributed by atoms with Crippen molar-refractivity contribution in [2.75, 3.05) is 18.0 Å². The molecular formula is C12H14ClNO. The molecule has 0 aromatic heterocycles. The molecule has 2 nitrogen and oxygen atoms in total. The van der Waals surface area contributed by atoms with Crippen molar-refractivity contribution in [1.82, 2.24) is 0 Å². The van der Waals surface area contributed by atoms with Crippen molar-refractivity contribution in [1.29, 1.82) is 0 Å². The third kappa shape index (κ3) is 1.86. The number of hydrogen-bond acceptors (Lipinski definition) is 2. The molecule has 0 aliphatic carbocycles. The molecule has 1 aromatic rings. The number of nitrogens with zero attached hydrogens (tertiary/aromatic N) is 1. The van der Waals surface area contributed by atoms with Crippen molar-refractivity contribution >= 4 is 23.6 Å². The summed E-state index contributed by atoms with van der Waals surface area (Å²) in [6, 6.07) is 5.44. The summed E-state index contributed by atoms with van der Waals surface area (Å²) in [7, 11) is 0. The second kappa shape index (κ2) is 3.53. The Morgan fingerprint density at radius 3 is 2.60 bits per heavy atom. The zero-order chi connectivity index (χ0) is 11.1. The molecule has 0 N–H and O–H groups in total. The van der Waals surface area contributed by atoms with Gasteiger partial charge in [-0.15, -0.1) is 0 Å². The van der Waals surface area contributed by atoms with Crippen molar-refractivity contribution in [3.63, 3.8) is 0 Å². The number of rotatable bonds is 2. The van der Waals surface area contributed by atoms with E-state index < -0.39 is 0 Å². The van der Waals surface area contributed by atoms with Crippen LogP contribution in [-0.2, 0) is 0 Å². The van der Waals surface area contributed by atoms with E-state index in [1.165, 1.54) is 0 Å². The minimum absolute atomic E-state index is 0.333. The third-order valence-corrected chi connectivity index (χ3v) is 3.00. The van der Waals surface area contributed by atoms with Gasteiger partial charge in [0.1, 0.15) is 0 Å². The van der Waals surface area contributed by atoms with Gasteiger partial charge in [-0.3, -0.25) is 4.79 Å². The Bertz CT molecular complexity index is 393. The highest BCUT2D eigenvalue weighted by Crippen LogP contribution is 2.38. The number of carbonyl (C=O) groups excluding carboxylic acids is 1. The van der Waals surface area contributed by atoms with Gasteiger partial charge >= 0.3 is 0 Å². The predicted molar refractivity (Wildman–Crippen MR) is 62.8 cm³/mol. The first-order chi connectivity index (χ1) is 7.03. The molecule has 15 heavy (non-hydrogen) atoms. The molecule has 0 saturated carbocycles. The molecular weight excluding hydrogens is 210 g/mol. The van der Waals surface area contributed by atoms with Gasteiger partial charge in [0.15, 0.2) is 6.29 Å². The average molecular weight is 224 g/mol. The molecule has 3 heteroatoms. The summed E-state index contributed by atoms with van der Waals surface area (Å²) in [5.74, 6) is 0. The molecule has 0 unspecified atom stereocenters. The molecule has 0 atom stereocenters.